The maximum atomic E-state index is 12.0. The van der Waals surface area contributed by atoms with Crippen molar-refractivity contribution in [3.8, 4) is 23.7 Å². The van der Waals surface area contributed by atoms with E-state index in [1.165, 1.54) is 0 Å². The zero-order valence-electron chi connectivity index (χ0n) is 42.0. The topological polar surface area (TPSA) is 139 Å². The van der Waals surface area contributed by atoms with Crippen molar-refractivity contribution in [3.63, 3.8) is 0 Å². The van der Waals surface area contributed by atoms with Crippen LogP contribution in [0.25, 0.3) is 0 Å². The summed E-state index contributed by atoms with van der Waals surface area (Å²) in [5.41, 5.74) is 0. The Morgan fingerprint density at radius 1 is 0.698 bits per heavy atom. The van der Waals surface area contributed by atoms with Crippen molar-refractivity contribution in [2.45, 2.75) is 231 Å². The van der Waals surface area contributed by atoms with Gasteiger partial charge in [0, 0.05) is 31.1 Å². The van der Waals surface area contributed by atoms with Gasteiger partial charge < -0.3 is 42.7 Å². The molecule has 11 nitrogen and oxygen atoms in total. The number of carbonyl (C=O) groups is 2. The van der Waals surface area contributed by atoms with Crippen LogP contribution in [0, 0.1) is 23.7 Å². The Morgan fingerprint density at radius 2 is 1.08 bits per heavy atom. The van der Waals surface area contributed by atoms with Crippen molar-refractivity contribution < 1.29 is 52.3 Å². The third-order valence-corrected chi connectivity index (χ3v) is 20.4. The van der Waals surface area contributed by atoms with Crippen LogP contribution in [0.4, 0.5) is 0 Å². The quantitative estimate of drug-likeness (QED) is 0.0421. The van der Waals surface area contributed by atoms with Crippen LogP contribution < -0.4 is 0 Å². The zero-order valence-corrected chi connectivity index (χ0v) is 44.0. The second-order valence-corrected chi connectivity index (χ2v) is 29.8. The first kappa shape index (κ1) is 60.2. The Balaban J connectivity index is 0.00000109. The first-order chi connectivity index (χ1) is 28.7. The molecule has 2 fully saturated rings. The van der Waals surface area contributed by atoms with Gasteiger partial charge in [0.05, 0.1) is 30.5 Å². The number of hydrogen-bond donors (Lipinski definition) is 2. The number of rotatable bonds is 19. The average molecular weight is 919 g/mol. The molecule has 2 unspecified atom stereocenters. The van der Waals surface area contributed by atoms with Crippen molar-refractivity contribution >= 4 is 28.6 Å². The highest BCUT2D eigenvalue weighted by atomic mass is 28.4. The van der Waals surface area contributed by atoms with Gasteiger partial charge in [0.25, 0.3) is 0 Å². The summed E-state index contributed by atoms with van der Waals surface area (Å²) in [5, 5.41) is 17.4. The summed E-state index contributed by atoms with van der Waals surface area (Å²) < 4.78 is 42.1. The van der Waals surface area contributed by atoms with Crippen LogP contribution >= 0.6 is 0 Å². The van der Waals surface area contributed by atoms with Gasteiger partial charge in [0.2, 0.25) is 0 Å². The summed E-state index contributed by atoms with van der Waals surface area (Å²) in [5.74, 6) is 7.64. The third-order valence-electron chi connectivity index (χ3n) is 11.3. The normalized spacial score (nSPS) is 22.3. The van der Waals surface area contributed by atoms with Crippen LogP contribution in [0.15, 0.2) is 50.6 Å². The van der Waals surface area contributed by atoms with E-state index in [4.69, 9.17) is 42.7 Å². The van der Waals surface area contributed by atoms with E-state index in [1.807, 2.05) is 34.6 Å². The Bertz CT molecular complexity index is 1580. The molecule has 0 aromatic carbocycles. The highest BCUT2D eigenvalue weighted by Gasteiger charge is 2.43. The number of hydrogen-bond acceptors (Lipinski definition) is 10. The number of carboxylic acid groups (broad SMARTS) is 1. The maximum Gasteiger partial charge on any atom is 0.384 e. The third kappa shape index (κ3) is 24.3. The molecule has 0 bridgehead atoms. The SMILES string of the molecule is C=CC[C@@H](C)O.C=CC[C@H](C)OC(=O)C#CCC(CC[C@@H]1OC(C)(C)O[C@@H]1C=C)O[Si](C)(C)C(C)(C)C.C=C[C@H]1OC(C)(C)O[C@H]1CCC(CC#CC(=O)O)O[Si](C)(C)C(C)(C)C. The van der Waals surface area contributed by atoms with Gasteiger partial charge in [-0.05, 0) is 110 Å². The summed E-state index contributed by atoms with van der Waals surface area (Å²) in [7, 11) is -3.98. The summed E-state index contributed by atoms with van der Waals surface area (Å²) in [6.07, 6.45) is 11.0. The van der Waals surface area contributed by atoms with Gasteiger partial charge in [-0.15, -0.1) is 26.3 Å². The molecule has 2 saturated heterocycles. The largest absolute Gasteiger partial charge is 0.472 e. The van der Waals surface area contributed by atoms with Crippen LogP contribution in [-0.4, -0.2) is 99.2 Å². The molecule has 13 heteroatoms. The van der Waals surface area contributed by atoms with E-state index in [1.54, 1.807) is 31.2 Å². The van der Waals surface area contributed by atoms with Gasteiger partial charge in [-0.1, -0.05) is 77.7 Å². The van der Waals surface area contributed by atoms with Crippen molar-refractivity contribution in [2.24, 2.45) is 0 Å². The minimum Gasteiger partial charge on any atom is -0.472 e. The fourth-order valence-corrected chi connectivity index (χ4v) is 8.85. The highest BCUT2D eigenvalue weighted by molar-refractivity contribution is 6.74. The van der Waals surface area contributed by atoms with Crippen molar-refractivity contribution in [3.05, 3.63) is 50.6 Å². The highest BCUT2D eigenvalue weighted by Crippen LogP contribution is 2.40. The molecule has 0 spiro atoms. The number of ether oxygens (including phenoxy) is 5. The van der Waals surface area contributed by atoms with Crippen LogP contribution in [0.3, 0.4) is 0 Å². The molecule has 0 aliphatic carbocycles. The second-order valence-electron chi connectivity index (χ2n) is 20.3. The number of carboxylic acids is 1. The van der Waals surface area contributed by atoms with Gasteiger partial charge in [0.15, 0.2) is 28.2 Å². The van der Waals surface area contributed by atoms with E-state index in [9.17, 15) is 9.59 Å². The lowest BCUT2D eigenvalue weighted by molar-refractivity contribution is -0.144. The molecule has 2 N–H and O–H groups in total. The maximum absolute atomic E-state index is 12.0. The van der Waals surface area contributed by atoms with E-state index >= 15 is 0 Å². The molecule has 0 amide bonds. The Kier molecular flexibility index (Phi) is 25.8. The summed E-state index contributed by atoms with van der Waals surface area (Å²) in [4.78, 5) is 22.7. The second kappa shape index (κ2) is 27.0. The molecule has 0 saturated carbocycles. The van der Waals surface area contributed by atoms with Crippen molar-refractivity contribution in [1.82, 2.24) is 0 Å². The summed E-state index contributed by atoms with van der Waals surface area (Å²) >= 11 is 0. The van der Waals surface area contributed by atoms with Gasteiger partial charge in [-0.3, -0.25) is 0 Å². The molecular formula is C50H86O11Si2. The standard InChI is InChI=1S/C25H42O5Si.C20H34O5Si.C5H10O/c1-11-14-19(3)27-23(26)16-13-15-20(30-31(9,10)24(4,5)6)17-18-22-21(12-2)28-25(7,8)29-22;1-9-16-17(24-20(5,6)23-16)14-13-15(11-10-12-18(21)22)25-26(7,8)19(2,3)4;1-3-4-5(2)6/h11-12,19-22H,1-2,14-15,17-18H2,3-10H3;9,15-17H,1,11,13-14H2,2-8H3,(H,21,22);3,5-6H,1,4H2,2H3/t19-,20?,21+,22-;15?,16-,17+;5-/m011/s1. The minimum atomic E-state index is -2.00. The van der Waals surface area contributed by atoms with Crippen LogP contribution in [0.2, 0.25) is 36.3 Å². The molecular weight excluding hydrogens is 833 g/mol. The average Bonchev–Trinajstić information content (AvgIpc) is 3.60. The number of aliphatic carboxylic acids is 1. The van der Waals surface area contributed by atoms with Gasteiger partial charge in [-0.25, -0.2) is 9.59 Å². The fraction of sp³-hybridized carbons (Fsp3) is 0.720. The number of esters is 1. The van der Waals surface area contributed by atoms with E-state index < -0.39 is 40.1 Å². The fourth-order valence-electron chi connectivity index (χ4n) is 6.08. The molecule has 63 heavy (non-hydrogen) atoms. The predicted octanol–water partition coefficient (Wildman–Crippen LogP) is 11.0. The molecule has 2 aliphatic rings. The summed E-state index contributed by atoms with van der Waals surface area (Å²) in [6, 6.07) is 0. The Hall–Kier alpha value is -2.83. The van der Waals surface area contributed by atoms with Crippen LogP contribution in [0.5, 0.6) is 0 Å². The van der Waals surface area contributed by atoms with Crippen LogP contribution in [0.1, 0.15) is 134 Å². The number of aliphatic hydroxyl groups excluding tert-OH is 1. The summed E-state index contributed by atoms with van der Waals surface area (Å²) in [6.45, 7) is 48.0. The molecule has 8 atom stereocenters. The molecule has 2 aliphatic heterocycles. The molecule has 2 heterocycles. The van der Waals surface area contributed by atoms with Crippen molar-refractivity contribution in [1.29, 1.82) is 0 Å². The van der Waals surface area contributed by atoms with E-state index in [2.05, 4.69) is 118 Å². The molecule has 2 rings (SSSR count). The van der Waals surface area contributed by atoms with E-state index in [-0.39, 0.29) is 58.9 Å². The lowest BCUT2D eigenvalue weighted by Crippen LogP contribution is -2.44. The molecule has 0 aromatic heterocycles. The first-order valence-corrected chi connectivity index (χ1v) is 28.2. The predicted molar refractivity (Wildman–Crippen MR) is 260 cm³/mol. The number of carbonyl (C=O) groups excluding carboxylic acids is 1. The van der Waals surface area contributed by atoms with Gasteiger partial charge in [0.1, 0.15) is 18.3 Å². The smallest absolute Gasteiger partial charge is 0.384 e. The van der Waals surface area contributed by atoms with E-state index in [0.29, 0.717) is 25.7 Å². The minimum absolute atomic E-state index is 0.0734. The molecule has 0 aromatic rings. The first-order valence-electron chi connectivity index (χ1n) is 22.4. The van der Waals surface area contributed by atoms with Gasteiger partial charge in [-0.2, -0.15) is 0 Å². The van der Waals surface area contributed by atoms with Crippen molar-refractivity contribution in [2.75, 3.05) is 0 Å². The number of aliphatic hydroxyl groups is 1. The lowest BCUT2D eigenvalue weighted by Gasteiger charge is -2.39. The lowest BCUT2D eigenvalue weighted by atomic mass is 10.0. The Morgan fingerprint density at radius 3 is 1.38 bits per heavy atom. The van der Waals surface area contributed by atoms with Crippen LogP contribution in [-0.2, 0) is 42.1 Å². The Labute approximate surface area is 385 Å². The molecule has 360 valence electrons. The monoisotopic (exact) mass is 919 g/mol. The molecule has 0 radical (unpaired) electrons. The zero-order chi connectivity index (χ0) is 49.0. The van der Waals surface area contributed by atoms with E-state index in [0.717, 1.165) is 25.7 Å². The van der Waals surface area contributed by atoms with Gasteiger partial charge >= 0.3 is 11.9 Å².